The van der Waals surface area contributed by atoms with Crippen molar-refractivity contribution in [2.24, 2.45) is 4.99 Å². The van der Waals surface area contributed by atoms with Gasteiger partial charge >= 0.3 is 6.18 Å². The number of halogens is 3. The highest BCUT2D eigenvalue weighted by molar-refractivity contribution is 5.80. The summed E-state index contributed by atoms with van der Waals surface area (Å²) in [6, 6.07) is 8.20. The van der Waals surface area contributed by atoms with Crippen LogP contribution in [0.1, 0.15) is 30.6 Å². The van der Waals surface area contributed by atoms with Gasteiger partial charge in [0.25, 0.3) is 0 Å². The molecule has 5 nitrogen and oxygen atoms in total. The minimum absolute atomic E-state index is 0.0169. The second-order valence-electron chi connectivity index (χ2n) is 7.10. The third-order valence-electron chi connectivity index (χ3n) is 4.64. The molecule has 1 aliphatic heterocycles. The van der Waals surface area contributed by atoms with Crippen molar-refractivity contribution >= 4 is 5.96 Å². The number of ether oxygens (including phenoxy) is 1. The second kappa shape index (κ2) is 10.7. The Morgan fingerprint density at radius 3 is 2.79 bits per heavy atom. The highest BCUT2D eigenvalue weighted by Crippen LogP contribution is 2.25. The molecule has 1 aromatic rings. The lowest BCUT2D eigenvalue weighted by molar-refractivity contribution is -0.143. The lowest BCUT2D eigenvalue weighted by Gasteiger charge is -2.35. The normalized spacial score (nSPS) is 18.6. The molecule has 0 aliphatic carbocycles. The number of nitrogens with one attached hydrogen (secondary N) is 1. The van der Waals surface area contributed by atoms with E-state index in [0.29, 0.717) is 32.7 Å². The van der Waals surface area contributed by atoms with Crippen molar-refractivity contribution in [3.8, 4) is 0 Å². The summed E-state index contributed by atoms with van der Waals surface area (Å²) >= 11 is 0. The molecule has 1 atom stereocenters. The summed E-state index contributed by atoms with van der Waals surface area (Å²) in [6.07, 6.45) is -3.60. The van der Waals surface area contributed by atoms with Gasteiger partial charge in [-0.05, 0) is 45.0 Å². The first-order valence-corrected chi connectivity index (χ1v) is 9.76. The minimum atomic E-state index is -4.16. The molecule has 1 fully saturated rings. The lowest BCUT2D eigenvalue weighted by Crippen LogP contribution is -2.48. The zero-order chi connectivity index (χ0) is 20.6. The molecular weight excluding hydrogens is 369 g/mol. The van der Waals surface area contributed by atoms with Gasteiger partial charge in [-0.3, -0.25) is 9.89 Å². The molecule has 1 saturated heterocycles. The monoisotopic (exact) mass is 400 g/mol. The number of morpholine rings is 1. The van der Waals surface area contributed by atoms with E-state index in [1.807, 2.05) is 19.1 Å². The first-order valence-electron chi connectivity index (χ1n) is 9.76. The number of benzene rings is 1. The molecule has 0 saturated carbocycles. The van der Waals surface area contributed by atoms with E-state index in [-0.39, 0.29) is 6.10 Å². The molecule has 0 bridgehead atoms. The molecule has 1 heterocycles. The van der Waals surface area contributed by atoms with Crippen molar-refractivity contribution < 1.29 is 17.9 Å². The Morgan fingerprint density at radius 1 is 1.36 bits per heavy atom. The van der Waals surface area contributed by atoms with E-state index in [4.69, 9.17) is 4.74 Å². The molecule has 2 rings (SSSR count). The number of aryl methyl sites for hydroxylation is 1. The molecule has 1 aliphatic rings. The summed E-state index contributed by atoms with van der Waals surface area (Å²) in [5.41, 5.74) is 2.38. The lowest BCUT2D eigenvalue weighted by atomic mass is 10.0. The van der Waals surface area contributed by atoms with Crippen LogP contribution in [0.4, 0.5) is 13.2 Å². The Balaban J connectivity index is 1.92. The van der Waals surface area contributed by atoms with Gasteiger partial charge in [0.15, 0.2) is 5.96 Å². The summed E-state index contributed by atoms with van der Waals surface area (Å²) in [6.45, 7) is 6.82. The molecule has 0 aromatic heterocycles. The van der Waals surface area contributed by atoms with Gasteiger partial charge in [0.05, 0.1) is 19.7 Å². The smallest absolute Gasteiger partial charge is 0.370 e. The van der Waals surface area contributed by atoms with E-state index < -0.39 is 12.7 Å². The first-order chi connectivity index (χ1) is 13.3. The number of hydrogen-bond donors (Lipinski definition) is 1. The van der Waals surface area contributed by atoms with Crippen molar-refractivity contribution in [1.82, 2.24) is 15.1 Å². The van der Waals surface area contributed by atoms with Gasteiger partial charge in [0, 0.05) is 19.6 Å². The van der Waals surface area contributed by atoms with E-state index in [0.717, 1.165) is 19.0 Å². The fourth-order valence-corrected chi connectivity index (χ4v) is 3.31. The number of alkyl halides is 3. The van der Waals surface area contributed by atoms with Crippen molar-refractivity contribution in [3.63, 3.8) is 0 Å². The second-order valence-corrected chi connectivity index (χ2v) is 7.10. The van der Waals surface area contributed by atoms with Crippen LogP contribution in [0.2, 0.25) is 0 Å². The first kappa shape index (κ1) is 22.5. The number of guanidine groups is 1. The molecule has 28 heavy (non-hydrogen) atoms. The molecular formula is C20H31F3N4O. The summed E-state index contributed by atoms with van der Waals surface area (Å²) in [5.74, 6) is 0.794. The van der Waals surface area contributed by atoms with Gasteiger partial charge in [-0.2, -0.15) is 13.2 Å². The Bertz CT molecular complexity index is 636. The maximum Gasteiger partial charge on any atom is 0.401 e. The average Bonchev–Trinajstić information content (AvgIpc) is 2.63. The van der Waals surface area contributed by atoms with Crippen LogP contribution >= 0.6 is 0 Å². The van der Waals surface area contributed by atoms with E-state index in [9.17, 15) is 13.2 Å². The number of hydrogen-bond acceptors (Lipinski definition) is 3. The molecule has 0 radical (unpaired) electrons. The molecule has 1 aromatic carbocycles. The van der Waals surface area contributed by atoms with Crippen LogP contribution in [0.3, 0.4) is 0 Å². The van der Waals surface area contributed by atoms with Crippen molar-refractivity contribution in [1.29, 1.82) is 0 Å². The Kier molecular flexibility index (Phi) is 8.57. The van der Waals surface area contributed by atoms with Gasteiger partial charge in [0.2, 0.25) is 0 Å². The van der Waals surface area contributed by atoms with Gasteiger partial charge in [-0.1, -0.05) is 24.3 Å². The zero-order valence-corrected chi connectivity index (χ0v) is 16.9. The predicted octanol–water partition coefficient (Wildman–Crippen LogP) is 3.22. The summed E-state index contributed by atoms with van der Waals surface area (Å²) in [7, 11) is 1.48. The SMILES string of the molecule is CCNC(=NCCCN(C)CC(F)(F)F)N1CCOC(c2ccccc2C)C1. The molecule has 8 heteroatoms. The Labute approximate surface area is 165 Å². The predicted molar refractivity (Wildman–Crippen MR) is 106 cm³/mol. The van der Waals surface area contributed by atoms with E-state index in [2.05, 4.69) is 34.3 Å². The third-order valence-corrected chi connectivity index (χ3v) is 4.64. The minimum Gasteiger partial charge on any atom is -0.370 e. The number of aliphatic imine (C=N–C) groups is 1. The van der Waals surface area contributed by atoms with Crippen LogP contribution in [0.5, 0.6) is 0 Å². The molecule has 1 unspecified atom stereocenters. The van der Waals surface area contributed by atoms with Crippen molar-refractivity contribution in [2.75, 3.05) is 52.9 Å². The van der Waals surface area contributed by atoms with Crippen LogP contribution < -0.4 is 5.32 Å². The quantitative estimate of drug-likeness (QED) is 0.434. The average molecular weight is 400 g/mol. The highest BCUT2D eigenvalue weighted by atomic mass is 19.4. The molecule has 0 amide bonds. The van der Waals surface area contributed by atoms with Crippen LogP contribution in [-0.4, -0.2) is 74.9 Å². The molecule has 0 spiro atoms. The summed E-state index contributed by atoms with van der Waals surface area (Å²) in [5, 5.41) is 3.29. The van der Waals surface area contributed by atoms with E-state index >= 15 is 0 Å². The molecule has 1 N–H and O–H groups in total. The molecule has 158 valence electrons. The maximum absolute atomic E-state index is 12.4. The van der Waals surface area contributed by atoms with Gasteiger partial charge in [-0.15, -0.1) is 0 Å². The fraction of sp³-hybridized carbons (Fsp3) is 0.650. The third kappa shape index (κ3) is 7.31. The summed E-state index contributed by atoms with van der Waals surface area (Å²) < 4.78 is 43.2. The van der Waals surface area contributed by atoms with Gasteiger partial charge in [0.1, 0.15) is 6.10 Å². The maximum atomic E-state index is 12.4. The zero-order valence-electron chi connectivity index (χ0n) is 16.9. The standard InChI is InChI=1S/C20H31F3N4O/c1-4-24-19(25-10-7-11-26(3)15-20(21,22)23)27-12-13-28-18(14-27)17-9-6-5-8-16(17)2/h5-6,8-9,18H,4,7,10-15H2,1-3H3,(H,24,25). The van der Waals surface area contributed by atoms with Crippen LogP contribution in [0.15, 0.2) is 29.3 Å². The van der Waals surface area contributed by atoms with Crippen LogP contribution in [-0.2, 0) is 4.74 Å². The van der Waals surface area contributed by atoms with E-state index in [1.54, 1.807) is 0 Å². The van der Waals surface area contributed by atoms with E-state index in [1.165, 1.54) is 23.1 Å². The largest absolute Gasteiger partial charge is 0.401 e. The Morgan fingerprint density at radius 2 is 2.11 bits per heavy atom. The fourth-order valence-electron chi connectivity index (χ4n) is 3.31. The highest BCUT2D eigenvalue weighted by Gasteiger charge is 2.29. The Hall–Kier alpha value is -1.80. The van der Waals surface area contributed by atoms with Gasteiger partial charge in [-0.25, -0.2) is 0 Å². The topological polar surface area (TPSA) is 40.1 Å². The van der Waals surface area contributed by atoms with Gasteiger partial charge < -0.3 is 15.0 Å². The number of nitrogens with zero attached hydrogens (tertiary/aromatic N) is 3. The van der Waals surface area contributed by atoms with Crippen molar-refractivity contribution in [2.45, 2.75) is 32.5 Å². The summed E-state index contributed by atoms with van der Waals surface area (Å²) in [4.78, 5) is 8.08. The van der Waals surface area contributed by atoms with Crippen LogP contribution in [0.25, 0.3) is 0 Å². The van der Waals surface area contributed by atoms with Crippen LogP contribution in [0, 0.1) is 6.92 Å². The van der Waals surface area contributed by atoms with Crippen molar-refractivity contribution in [3.05, 3.63) is 35.4 Å². The number of rotatable bonds is 7.